The maximum absolute atomic E-state index is 12.3. The summed E-state index contributed by atoms with van der Waals surface area (Å²) >= 11 is 1.42. The van der Waals surface area contributed by atoms with Crippen molar-refractivity contribution in [3.63, 3.8) is 0 Å². The molecule has 0 radical (unpaired) electrons. The first-order valence-corrected chi connectivity index (χ1v) is 8.06. The van der Waals surface area contributed by atoms with Crippen LogP contribution in [0.1, 0.15) is 11.3 Å². The number of hydrogen-bond acceptors (Lipinski definition) is 5. The first-order valence-electron chi connectivity index (χ1n) is 7.24. The zero-order valence-corrected chi connectivity index (χ0v) is 13.7. The smallest absolute Gasteiger partial charge is 0.231 e. The van der Waals surface area contributed by atoms with Crippen molar-refractivity contribution in [3.05, 3.63) is 35.3 Å². The van der Waals surface area contributed by atoms with Gasteiger partial charge in [0, 0.05) is 29.7 Å². The third-order valence-corrected chi connectivity index (χ3v) is 4.56. The van der Waals surface area contributed by atoms with Gasteiger partial charge >= 0.3 is 0 Å². The molecule has 1 aromatic heterocycles. The summed E-state index contributed by atoms with van der Waals surface area (Å²) in [5.41, 5.74) is 0.774. The maximum atomic E-state index is 12.3. The summed E-state index contributed by atoms with van der Waals surface area (Å²) in [6.45, 7) is 2.30. The number of methoxy groups -OCH3 is 1. The molecule has 2 aromatic rings. The first kappa shape index (κ1) is 15.5. The zero-order valence-electron chi connectivity index (χ0n) is 12.9. The average molecular weight is 331 g/mol. The summed E-state index contributed by atoms with van der Waals surface area (Å²) < 4.78 is 5.11. The predicted molar refractivity (Wildman–Crippen MR) is 88.9 cm³/mol. The summed E-state index contributed by atoms with van der Waals surface area (Å²) in [7, 11) is 1.59. The standard InChI is InChI=1S/C16H17N3O3S/c1-10-8-17-16(23-10)18-15(21)11-7-14(20)19(9-11)12-3-5-13(22-2)6-4-12/h3-6,8,11H,7,9H2,1-2H3,(H,17,18,21)/t11-/m1/s1. The van der Waals surface area contributed by atoms with Crippen LogP contribution in [0.5, 0.6) is 5.75 Å². The van der Waals surface area contributed by atoms with Gasteiger partial charge < -0.3 is 15.0 Å². The van der Waals surface area contributed by atoms with E-state index in [0.29, 0.717) is 11.7 Å². The van der Waals surface area contributed by atoms with E-state index in [9.17, 15) is 9.59 Å². The molecular formula is C16H17N3O3S. The Kier molecular flexibility index (Phi) is 4.29. The number of hydrogen-bond donors (Lipinski definition) is 1. The second-order valence-electron chi connectivity index (χ2n) is 5.37. The monoisotopic (exact) mass is 331 g/mol. The number of ether oxygens (including phenoxy) is 1. The van der Waals surface area contributed by atoms with E-state index in [4.69, 9.17) is 4.74 Å². The lowest BCUT2D eigenvalue weighted by molar-refractivity contribution is -0.122. The average Bonchev–Trinajstić information content (AvgIpc) is 3.13. The number of carbonyl (C=O) groups excluding carboxylic acids is 2. The number of amides is 2. The maximum Gasteiger partial charge on any atom is 0.231 e. The second kappa shape index (κ2) is 6.37. The van der Waals surface area contributed by atoms with Crippen LogP contribution < -0.4 is 15.0 Å². The van der Waals surface area contributed by atoms with Crippen molar-refractivity contribution in [1.29, 1.82) is 0 Å². The number of benzene rings is 1. The van der Waals surface area contributed by atoms with Gasteiger partial charge in [-0.25, -0.2) is 4.98 Å². The van der Waals surface area contributed by atoms with E-state index in [1.807, 2.05) is 19.1 Å². The Balaban J connectivity index is 1.67. The van der Waals surface area contributed by atoms with E-state index < -0.39 is 0 Å². The SMILES string of the molecule is COc1ccc(N2C[C@H](C(=O)Nc3ncc(C)s3)CC2=O)cc1. The van der Waals surface area contributed by atoms with Gasteiger partial charge in [0.05, 0.1) is 13.0 Å². The Morgan fingerprint density at radius 1 is 1.39 bits per heavy atom. The molecule has 3 rings (SSSR count). The molecule has 0 saturated carbocycles. The van der Waals surface area contributed by atoms with E-state index >= 15 is 0 Å². The van der Waals surface area contributed by atoms with Crippen LogP contribution in [0.15, 0.2) is 30.5 Å². The number of thiazole rings is 1. The summed E-state index contributed by atoms with van der Waals surface area (Å²) in [6, 6.07) is 7.24. The fourth-order valence-corrected chi connectivity index (χ4v) is 3.18. The van der Waals surface area contributed by atoms with Crippen molar-refractivity contribution in [2.45, 2.75) is 13.3 Å². The minimum Gasteiger partial charge on any atom is -0.497 e. The lowest BCUT2D eigenvalue weighted by Crippen LogP contribution is -2.28. The number of nitrogens with zero attached hydrogens (tertiary/aromatic N) is 2. The largest absolute Gasteiger partial charge is 0.497 e. The Morgan fingerprint density at radius 3 is 2.74 bits per heavy atom. The minimum absolute atomic E-state index is 0.0503. The Bertz CT molecular complexity index is 726. The number of aromatic nitrogens is 1. The van der Waals surface area contributed by atoms with Gasteiger partial charge in [0.25, 0.3) is 0 Å². The van der Waals surface area contributed by atoms with Crippen LogP contribution in [0.2, 0.25) is 0 Å². The van der Waals surface area contributed by atoms with Crippen molar-refractivity contribution < 1.29 is 14.3 Å². The molecule has 1 atom stereocenters. The van der Waals surface area contributed by atoms with Gasteiger partial charge in [0.15, 0.2) is 5.13 Å². The predicted octanol–water partition coefficient (Wildman–Crippen LogP) is 2.45. The van der Waals surface area contributed by atoms with Gasteiger partial charge in [0.2, 0.25) is 11.8 Å². The lowest BCUT2D eigenvalue weighted by atomic mass is 10.1. The summed E-state index contributed by atoms with van der Waals surface area (Å²) in [5, 5.41) is 3.36. The molecule has 1 saturated heterocycles. The topological polar surface area (TPSA) is 71.5 Å². The Labute approximate surface area is 138 Å². The molecule has 2 heterocycles. The van der Waals surface area contributed by atoms with Crippen LogP contribution in [0.25, 0.3) is 0 Å². The molecule has 1 fully saturated rings. The highest BCUT2D eigenvalue weighted by Crippen LogP contribution is 2.28. The van der Waals surface area contributed by atoms with E-state index in [-0.39, 0.29) is 24.2 Å². The number of aryl methyl sites for hydroxylation is 1. The van der Waals surface area contributed by atoms with E-state index in [1.165, 1.54) is 11.3 Å². The number of nitrogens with one attached hydrogen (secondary N) is 1. The Morgan fingerprint density at radius 2 is 2.13 bits per heavy atom. The molecule has 1 aliphatic heterocycles. The molecule has 0 bridgehead atoms. The number of anilines is 2. The zero-order chi connectivity index (χ0) is 16.4. The highest BCUT2D eigenvalue weighted by atomic mass is 32.1. The Hall–Kier alpha value is -2.41. The van der Waals surface area contributed by atoms with E-state index in [1.54, 1.807) is 30.3 Å². The summed E-state index contributed by atoms with van der Waals surface area (Å²) in [4.78, 5) is 31.3. The molecular weight excluding hydrogens is 314 g/mol. The normalized spacial score (nSPS) is 17.4. The molecule has 1 N–H and O–H groups in total. The van der Waals surface area contributed by atoms with Crippen molar-refractivity contribution in [1.82, 2.24) is 4.98 Å². The third-order valence-electron chi connectivity index (χ3n) is 3.73. The van der Waals surface area contributed by atoms with Gasteiger partial charge in [-0.05, 0) is 31.2 Å². The molecule has 2 amide bonds. The second-order valence-corrected chi connectivity index (χ2v) is 6.60. The van der Waals surface area contributed by atoms with Crippen LogP contribution in [-0.2, 0) is 9.59 Å². The number of rotatable bonds is 4. The van der Waals surface area contributed by atoms with Gasteiger partial charge in [-0.2, -0.15) is 0 Å². The molecule has 6 nitrogen and oxygen atoms in total. The van der Waals surface area contributed by atoms with Crippen molar-refractivity contribution in [2.24, 2.45) is 5.92 Å². The number of carbonyl (C=O) groups is 2. The molecule has 0 aliphatic carbocycles. The van der Waals surface area contributed by atoms with Crippen LogP contribution in [0.3, 0.4) is 0 Å². The quantitative estimate of drug-likeness (QED) is 0.934. The van der Waals surface area contributed by atoms with Crippen molar-refractivity contribution in [2.75, 3.05) is 23.9 Å². The summed E-state index contributed by atoms with van der Waals surface area (Å²) in [6.07, 6.45) is 1.92. The summed E-state index contributed by atoms with van der Waals surface area (Å²) in [5.74, 6) is 0.150. The lowest BCUT2D eigenvalue weighted by Gasteiger charge is -2.16. The van der Waals surface area contributed by atoms with E-state index in [0.717, 1.165) is 16.3 Å². The molecule has 120 valence electrons. The van der Waals surface area contributed by atoms with E-state index in [2.05, 4.69) is 10.3 Å². The highest BCUT2D eigenvalue weighted by molar-refractivity contribution is 7.15. The van der Waals surface area contributed by atoms with Crippen LogP contribution in [-0.4, -0.2) is 30.5 Å². The molecule has 1 aliphatic rings. The molecule has 23 heavy (non-hydrogen) atoms. The highest BCUT2D eigenvalue weighted by Gasteiger charge is 2.35. The minimum atomic E-state index is -0.367. The molecule has 0 spiro atoms. The molecule has 7 heteroatoms. The van der Waals surface area contributed by atoms with Crippen molar-refractivity contribution >= 4 is 34.0 Å². The molecule has 1 aromatic carbocycles. The van der Waals surface area contributed by atoms with Crippen molar-refractivity contribution in [3.8, 4) is 5.75 Å². The van der Waals surface area contributed by atoms with Crippen LogP contribution >= 0.6 is 11.3 Å². The fourth-order valence-electron chi connectivity index (χ4n) is 2.51. The van der Waals surface area contributed by atoms with Gasteiger partial charge in [-0.1, -0.05) is 0 Å². The van der Waals surface area contributed by atoms with Crippen LogP contribution in [0.4, 0.5) is 10.8 Å². The van der Waals surface area contributed by atoms with Crippen LogP contribution in [0, 0.1) is 12.8 Å². The van der Waals surface area contributed by atoms with Gasteiger partial charge in [0.1, 0.15) is 5.75 Å². The van der Waals surface area contributed by atoms with Gasteiger partial charge in [-0.15, -0.1) is 11.3 Å². The first-order chi connectivity index (χ1) is 11.1. The third kappa shape index (κ3) is 3.34. The fraction of sp³-hybridized carbons (Fsp3) is 0.312. The van der Waals surface area contributed by atoms with Gasteiger partial charge in [-0.3, -0.25) is 9.59 Å². The molecule has 0 unspecified atom stereocenters.